The molecule has 0 rings (SSSR count). The van der Waals surface area contributed by atoms with Crippen molar-refractivity contribution >= 4 is 0 Å². The SMILES string of the molecule is C=CC(C)NC(C)C(C)(C)C. The molecule has 0 aromatic heterocycles. The highest BCUT2D eigenvalue weighted by Crippen LogP contribution is 2.18. The first-order valence-corrected chi connectivity index (χ1v) is 4.26. The Hall–Kier alpha value is -0.300. The quantitative estimate of drug-likeness (QED) is 0.618. The number of rotatable bonds is 3. The van der Waals surface area contributed by atoms with Crippen LogP contribution in [-0.4, -0.2) is 12.1 Å². The Bertz CT molecular complexity index is 121. The van der Waals surface area contributed by atoms with E-state index in [0.717, 1.165) is 0 Å². The van der Waals surface area contributed by atoms with E-state index in [9.17, 15) is 0 Å². The molecule has 0 aromatic carbocycles. The molecule has 1 heteroatoms. The Labute approximate surface area is 70.9 Å². The van der Waals surface area contributed by atoms with Gasteiger partial charge in [0.1, 0.15) is 0 Å². The molecule has 2 atom stereocenters. The third-order valence-electron chi connectivity index (χ3n) is 2.17. The molecule has 11 heavy (non-hydrogen) atoms. The number of hydrogen-bond donors (Lipinski definition) is 1. The lowest BCUT2D eigenvalue weighted by molar-refractivity contribution is 0.278. The maximum atomic E-state index is 3.73. The van der Waals surface area contributed by atoms with E-state index in [1.165, 1.54) is 0 Å². The van der Waals surface area contributed by atoms with Crippen molar-refractivity contribution in [1.82, 2.24) is 5.32 Å². The minimum absolute atomic E-state index is 0.331. The van der Waals surface area contributed by atoms with Gasteiger partial charge in [-0.15, -0.1) is 6.58 Å². The van der Waals surface area contributed by atoms with Crippen LogP contribution >= 0.6 is 0 Å². The summed E-state index contributed by atoms with van der Waals surface area (Å²) < 4.78 is 0. The zero-order valence-corrected chi connectivity index (χ0v) is 8.44. The van der Waals surface area contributed by atoms with E-state index in [4.69, 9.17) is 0 Å². The van der Waals surface area contributed by atoms with Gasteiger partial charge in [-0.25, -0.2) is 0 Å². The van der Waals surface area contributed by atoms with Crippen LogP contribution in [0.25, 0.3) is 0 Å². The number of hydrogen-bond acceptors (Lipinski definition) is 1. The lowest BCUT2D eigenvalue weighted by Gasteiger charge is -2.30. The Morgan fingerprint density at radius 3 is 2.00 bits per heavy atom. The summed E-state index contributed by atoms with van der Waals surface area (Å²) >= 11 is 0. The first kappa shape index (κ1) is 10.7. The van der Waals surface area contributed by atoms with E-state index >= 15 is 0 Å². The molecule has 0 spiro atoms. The molecule has 0 aliphatic rings. The molecule has 1 N–H and O–H groups in total. The van der Waals surface area contributed by atoms with Gasteiger partial charge in [0.05, 0.1) is 0 Å². The van der Waals surface area contributed by atoms with Crippen LogP contribution in [0.4, 0.5) is 0 Å². The van der Waals surface area contributed by atoms with Gasteiger partial charge >= 0.3 is 0 Å². The molecule has 0 radical (unpaired) electrons. The van der Waals surface area contributed by atoms with Crippen molar-refractivity contribution in [3.63, 3.8) is 0 Å². The average Bonchev–Trinajstić information content (AvgIpc) is 1.85. The van der Waals surface area contributed by atoms with Crippen LogP contribution in [0.5, 0.6) is 0 Å². The molecule has 2 unspecified atom stereocenters. The molecule has 0 aromatic rings. The van der Waals surface area contributed by atoms with Gasteiger partial charge in [0, 0.05) is 12.1 Å². The van der Waals surface area contributed by atoms with E-state index in [2.05, 4.69) is 46.5 Å². The summed E-state index contributed by atoms with van der Waals surface area (Å²) in [4.78, 5) is 0. The van der Waals surface area contributed by atoms with Crippen LogP contribution in [0.2, 0.25) is 0 Å². The van der Waals surface area contributed by atoms with Crippen molar-refractivity contribution in [2.45, 2.75) is 46.7 Å². The third-order valence-corrected chi connectivity index (χ3v) is 2.17. The Balaban J connectivity index is 3.87. The first-order chi connectivity index (χ1) is 4.88. The highest BCUT2D eigenvalue weighted by atomic mass is 14.9. The van der Waals surface area contributed by atoms with Gasteiger partial charge in [-0.2, -0.15) is 0 Å². The maximum absolute atomic E-state index is 3.73. The van der Waals surface area contributed by atoms with E-state index in [1.807, 2.05) is 6.08 Å². The van der Waals surface area contributed by atoms with E-state index < -0.39 is 0 Å². The molecule has 0 aliphatic heterocycles. The zero-order valence-electron chi connectivity index (χ0n) is 8.44. The monoisotopic (exact) mass is 155 g/mol. The van der Waals surface area contributed by atoms with E-state index in [0.29, 0.717) is 17.5 Å². The average molecular weight is 155 g/mol. The molecule has 0 saturated carbocycles. The topological polar surface area (TPSA) is 12.0 Å². The Morgan fingerprint density at radius 2 is 1.73 bits per heavy atom. The van der Waals surface area contributed by atoms with Crippen LogP contribution in [0.1, 0.15) is 34.6 Å². The van der Waals surface area contributed by atoms with E-state index in [-0.39, 0.29) is 0 Å². The van der Waals surface area contributed by atoms with Gasteiger partial charge in [-0.3, -0.25) is 0 Å². The normalized spacial score (nSPS) is 17.5. The lowest BCUT2D eigenvalue weighted by Crippen LogP contribution is -2.41. The smallest absolute Gasteiger partial charge is 0.0221 e. The molecule has 1 nitrogen and oxygen atoms in total. The second-order valence-corrected chi connectivity index (χ2v) is 4.28. The van der Waals surface area contributed by atoms with Crippen LogP contribution in [0, 0.1) is 5.41 Å². The van der Waals surface area contributed by atoms with Crippen molar-refractivity contribution < 1.29 is 0 Å². The Kier molecular flexibility index (Phi) is 3.81. The Morgan fingerprint density at radius 1 is 1.27 bits per heavy atom. The highest BCUT2D eigenvalue weighted by Gasteiger charge is 2.19. The molecular weight excluding hydrogens is 134 g/mol. The summed E-state index contributed by atoms with van der Waals surface area (Å²) in [5, 5.41) is 3.45. The lowest BCUT2D eigenvalue weighted by atomic mass is 9.87. The maximum Gasteiger partial charge on any atom is 0.0221 e. The van der Waals surface area contributed by atoms with Gasteiger partial charge in [0.25, 0.3) is 0 Å². The van der Waals surface area contributed by atoms with E-state index in [1.54, 1.807) is 0 Å². The summed E-state index contributed by atoms with van der Waals surface area (Å²) in [5.41, 5.74) is 0.331. The number of nitrogens with one attached hydrogen (secondary N) is 1. The molecule has 0 fully saturated rings. The standard InChI is InChI=1S/C10H21N/c1-7-8(2)11-9(3)10(4,5)6/h7-9,11H,1H2,2-6H3. The van der Waals surface area contributed by atoms with Gasteiger partial charge in [-0.05, 0) is 19.3 Å². The van der Waals surface area contributed by atoms with Crippen LogP contribution in [0.15, 0.2) is 12.7 Å². The fourth-order valence-corrected chi connectivity index (χ4v) is 0.712. The second-order valence-electron chi connectivity index (χ2n) is 4.28. The van der Waals surface area contributed by atoms with Crippen molar-refractivity contribution in [3.05, 3.63) is 12.7 Å². The fraction of sp³-hybridized carbons (Fsp3) is 0.800. The van der Waals surface area contributed by atoms with Gasteiger partial charge < -0.3 is 5.32 Å². The first-order valence-electron chi connectivity index (χ1n) is 4.26. The molecular formula is C10H21N. The summed E-state index contributed by atoms with van der Waals surface area (Å²) in [6.45, 7) is 14.8. The van der Waals surface area contributed by atoms with Crippen LogP contribution in [-0.2, 0) is 0 Å². The molecule has 0 saturated heterocycles. The third kappa shape index (κ3) is 4.20. The van der Waals surface area contributed by atoms with Crippen LogP contribution < -0.4 is 5.32 Å². The summed E-state index contributed by atoms with van der Waals surface area (Å²) in [7, 11) is 0. The van der Waals surface area contributed by atoms with Gasteiger partial charge in [0.2, 0.25) is 0 Å². The highest BCUT2D eigenvalue weighted by molar-refractivity contribution is 4.86. The molecule has 0 bridgehead atoms. The summed E-state index contributed by atoms with van der Waals surface area (Å²) in [6, 6.07) is 0.930. The molecule has 0 aliphatic carbocycles. The van der Waals surface area contributed by atoms with Gasteiger partial charge in [0.15, 0.2) is 0 Å². The predicted octanol–water partition coefficient (Wildman–Crippen LogP) is 2.59. The van der Waals surface area contributed by atoms with Crippen LogP contribution in [0.3, 0.4) is 0 Å². The molecule has 0 heterocycles. The van der Waals surface area contributed by atoms with Crippen molar-refractivity contribution in [1.29, 1.82) is 0 Å². The summed E-state index contributed by atoms with van der Waals surface area (Å²) in [5.74, 6) is 0. The van der Waals surface area contributed by atoms with Crippen molar-refractivity contribution in [3.8, 4) is 0 Å². The zero-order chi connectivity index (χ0) is 9.07. The summed E-state index contributed by atoms with van der Waals surface area (Å²) in [6.07, 6.45) is 1.93. The second kappa shape index (κ2) is 3.91. The largest absolute Gasteiger partial charge is 0.308 e. The fourth-order valence-electron chi connectivity index (χ4n) is 0.712. The van der Waals surface area contributed by atoms with Gasteiger partial charge in [-0.1, -0.05) is 26.8 Å². The minimum atomic E-state index is 0.331. The molecule has 66 valence electrons. The van der Waals surface area contributed by atoms with Crippen molar-refractivity contribution in [2.24, 2.45) is 5.41 Å². The van der Waals surface area contributed by atoms with Crippen molar-refractivity contribution in [2.75, 3.05) is 0 Å². The predicted molar refractivity (Wildman–Crippen MR) is 51.7 cm³/mol. The molecule has 0 amide bonds. The minimum Gasteiger partial charge on any atom is -0.308 e.